The van der Waals surface area contributed by atoms with E-state index in [2.05, 4.69) is 11.3 Å². The van der Waals surface area contributed by atoms with Gasteiger partial charge in [-0.1, -0.05) is 72.3 Å². The molecule has 0 aliphatic carbocycles. The Balaban J connectivity index is 2.18. The predicted octanol–water partition coefficient (Wildman–Crippen LogP) is 5.21. The van der Waals surface area contributed by atoms with Crippen LogP contribution in [-0.2, 0) is 19.9 Å². The van der Waals surface area contributed by atoms with Gasteiger partial charge >= 0.3 is 0 Å². The highest BCUT2D eigenvalue weighted by Gasteiger charge is 2.32. The van der Waals surface area contributed by atoms with Crippen LogP contribution < -0.4 is 4.72 Å². The minimum Gasteiger partial charge on any atom is -0.219 e. The normalized spacial score (nSPS) is 13.5. The molecule has 32 heavy (non-hydrogen) atoms. The molecule has 0 radical (unpaired) electrons. The van der Waals surface area contributed by atoms with Gasteiger partial charge in [-0.3, -0.25) is 0 Å². The van der Waals surface area contributed by atoms with E-state index < -0.39 is 25.9 Å². The molecule has 0 fully saturated rings. The lowest BCUT2D eigenvalue weighted by Gasteiger charge is -2.23. The Hall–Kier alpha value is -2.71. The first kappa shape index (κ1) is 23.9. The van der Waals surface area contributed by atoms with Crippen molar-refractivity contribution < 1.29 is 16.8 Å². The van der Waals surface area contributed by atoms with Crippen molar-refractivity contribution in [1.82, 2.24) is 4.72 Å². The predicted molar refractivity (Wildman–Crippen MR) is 128 cm³/mol. The second kappa shape index (κ2) is 9.83. The maximum atomic E-state index is 13.6. The molecule has 0 bridgehead atoms. The Morgan fingerprint density at radius 2 is 1.47 bits per heavy atom. The maximum Gasteiger partial charge on any atom is 0.241 e. The third-order valence-electron chi connectivity index (χ3n) is 4.74. The number of benzene rings is 3. The third kappa shape index (κ3) is 5.37. The van der Waals surface area contributed by atoms with Gasteiger partial charge in [-0.25, -0.2) is 16.8 Å². The average Bonchev–Trinajstić information content (AvgIpc) is 2.77. The van der Waals surface area contributed by atoms with Crippen LogP contribution in [0.15, 0.2) is 112 Å². The maximum absolute atomic E-state index is 13.6. The summed E-state index contributed by atoms with van der Waals surface area (Å²) in [6, 6.07) is 19.2. The fourth-order valence-electron chi connectivity index (χ4n) is 3.08. The molecule has 166 valence electrons. The molecule has 8 heteroatoms. The molecule has 1 atom stereocenters. The summed E-state index contributed by atoms with van der Waals surface area (Å²) in [6.07, 6.45) is 2.63. The first-order chi connectivity index (χ1) is 15.1. The zero-order chi connectivity index (χ0) is 23.4. The van der Waals surface area contributed by atoms with Crippen molar-refractivity contribution in [2.45, 2.75) is 22.8 Å². The fourth-order valence-corrected chi connectivity index (χ4v) is 6.05. The first-order valence-corrected chi connectivity index (χ1v) is 13.0. The summed E-state index contributed by atoms with van der Waals surface area (Å²) in [4.78, 5) is -0.0862. The summed E-state index contributed by atoms with van der Waals surface area (Å²) in [6.45, 7) is 5.48. The standard InChI is InChI=1S/C24H22ClNO4S2/c1-3-7-23(31(27,28)21-16-10-18(2)11-17-21)24(19-12-14-20(25)15-13-19)26-32(29,30)22-8-5-4-6-9-22/h3-17,24,26H,1H2,2H3/b23-7+. The molecule has 1 unspecified atom stereocenters. The van der Waals surface area contributed by atoms with Gasteiger partial charge in [0.1, 0.15) is 0 Å². The second-order valence-corrected chi connectivity index (χ2v) is 11.1. The van der Waals surface area contributed by atoms with Gasteiger partial charge < -0.3 is 0 Å². The number of allylic oxidation sites excluding steroid dienone is 2. The Labute approximate surface area is 194 Å². The van der Waals surface area contributed by atoms with Crippen LogP contribution in [0, 0.1) is 6.92 Å². The van der Waals surface area contributed by atoms with E-state index in [0.717, 1.165) is 5.56 Å². The van der Waals surface area contributed by atoms with E-state index in [4.69, 9.17) is 11.6 Å². The van der Waals surface area contributed by atoms with E-state index in [0.29, 0.717) is 10.6 Å². The second-order valence-electron chi connectivity index (χ2n) is 7.04. The fraction of sp³-hybridized carbons (Fsp3) is 0.0833. The van der Waals surface area contributed by atoms with Crippen molar-refractivity contribution >= 4 is 31.5 Å². The van der Waals surface area contributed by atoms with Gasteiger partial charge in [-0.05, 0) is 55.0 Å². The molecule has 0 saturated heterocycles. The Kier molecular flexibility index (Phi) is 7.36. The van der Waals surface area contributed by atoms with Crippen LogP contribution in [0.2, 0.25) is 5.02 Å². The van der Waals surface area contributed by atoms with Crippen LogP contribution in [0.25, 0.3) is 0 Å². The van der Waals surface area contributed by atoms with Gasteiger partial charge in [0.2, 0.25) is 19.9 Å². The lowest BCUT2D eigenvalue weighted by atomic mass is 10.1. The number of halogens is 1. The number of rotatable bonds is 8. The molecule has 1 N–H and O–H groups in total. The lowest BCUT2D eigenvalue weighted by molar-refractivity contribution is 0.569. The van der Waals surface area contributed by atoms with Gasteiger partial charge in [0.25, 0.3) is 0 Å². The minimum atomic E-state index is -4.06. The number of hydrogen-bond donors (Lipinski definition) is 1. The zero-order valence-corrected chi connectivity index (χ0v) is 19.7. The van der Waals surface area contributed by atoms with Crippen LogP contribution in [0.5, 0.6) is 0 Å². The third-order valence-corrected chi connectivity index (χ3v) is 8.31. The van der Waals surface area contributed by atoms with E-state index >= 15 is 0 Å². The lowest BCUT2D eigenvalue weighted by Crippen LogP contribution is -2.32. The van der Waals surface area contributed by atoms with Gasteiger partial charge in [-0.15, -0.1) is 0 Å². The minimum absolute atomic E-state index is 0.0182. The topological polar surface area (TPSA) is 80.3 Å². The molecule has 5 nitrogen and oxygen atoms in total. The number of hydrogen-bond acceptors (Lipinski definition) is 4. The van der Waals surface area contributed by atoms with E-state index in [9.17, 15) is 16.8 Å². The number of sulfonamides is 1. The van der Waals surface area contributed by atoms with Crippen LogP contribution in [0.4, 0.5) is 0 Å². The van der Waals surface area contributed by atoms with Crippen LogP contribution in [0.1, 0.15) is 17.2 Å². The molecule has 0 amide bonds. The molecule has 0 saturated carbocycles. The summed E-state index contributed by atoms with van der Waals surface area (Å²) in [7, 11) is -8.11. The molecular weight excluding hydrogens is 466 g/mol. The Bertz CT molecular complexity index is 1330. The van der Waals surface area contributed by atoms with Crippen molar-refractivity contribution in [3.05, 3.63) is 119 Å². The highest BCUT2D eigenvalue weighted by atomic mass is 35.5. The molecule has 0 aliphatic rings. The Morgan fingerprint density at radius 1 is 0.875 bits per heavy atom. The van der Waals surface area contributed by atoms with Crippen LogP contribution in [-0.4, -0.2) is 16.8 Å². The van der Waals surface area contributed by atoms with Gasteiger partial charge in [0.15, 0.2) is 0 Å². The van der Waals surface area contributed by atoms with Gasteiger partial charge in [-0.2, -0.15) is 4.72 Å². The van der Waals surface area contributed by atoms with Crippen molar-refractivity contribution in [3.63, 3.8) is 0 Å². The van der Waals surface area contributed by atoms with E-state index in [1.165, 1.54) is 36.4 Å². The smallest absolute Gasteiger partial charge is 0.219 e. The first-order valence-electron chi connectivity index (χ1n) is 9.62. The highest BCUT2D eigenvalue weighted by molar-refractivity contribution is 7.95. The molecule has 0 heterocycles. The quantitative estimate of drug-likeness (QED) is 0.442. The summed E-state index contributed by atoms with van der Waals surface area (Å²) < 4.78 is 55.9. The molecule has 0 spiro atoms. The summed E-state index contributed by atoms with van der Waals surface area (Å²) >= 11 is 6.00. The summed E-state index contributed by atoms with van der Waals surface area (Å²) in [5, 5.41) is 0.439. The van der Waals surface area contributed by atoms with E-state index in [1.807, 2.05) is 6.92 Å². The van der Waals surface area contributed by atoms with Crippen LogP contribution in [0.3, 0.4) is 0 Å². The molecule has 0 aliphatic heterocycles. The summed E-state index contributed by atoms with van der Waals surface area (Å²) in [5.74, 6) is 0. The van der Waals surface area contributed by atoms with Gasteiger partial charge in [0.05, 0.1) is 20.7 Å². The SMILES string of the molecule is C=C/C=C(\C(NS(=O)(=O)c1ccccc1)c1ccc(Cl)cc1)S(=O)(=O)c1ccc(C)cc1. The van der Waals surface area contributed by atoms with Crippen molar-refractivity contribution in [1.29, 1.82) is 0 Å². The number of sulfone groups is 1. The Morgan fingerprint density at radius 3 is 2.03 bits per heavy atom. The zero-order valence-electron chi connectivity index (χ0n) is 17.3. The number of aryl methyl sites for hydroxylation is 1. The van der Waals surface area contributed by atoms with E-state index in [1.54, 1.807) is 54.6 Å². The average molecular weight is 488 g/mol. The van der Waals surface area contributed by atoms with Crippen molar-refractivity contribution in [3.8, 4) is 0 Å². The van der Waals surface area contributed by atoms with Crippen molar-refractivity contribution in [2.75, 3.05) is 0 Å². The molecule has 0 aromatic heterocycles. The molecule has 3 rings (SSSR count). The van der Waals surface area contributed by atoms with Crippen molar-refractivity contribution in [2.24, 2.45) is 0 Å². The molecule has 3 aromatic carbocycles. The molecule has 3 aromatic rings. The molecular formula is C24H22ClNO4S2. The van der Waals surface area contributed by atoms with Gasteiger partial charge in [0, 0.05) is 5.02 Å². The monoisotopic (exact) mass is 487 g/mol. The summed E-state index contributed by atoms with van der Waals surface area (Å²) in [5.41, 5.74) is 1.31. The van der Waals surface area contributed by atoms with Crippen LogP contribution >= 0.6 is 11.6 Å². The largest absolute Gasteiger partial charge is 0.241 e. The highest BCUT2D eigenvalue weighted by Crippen LogP contribution is 2.33. The van der Waals surface area contributed by atoms with E-state index in [-0.39, 0.29) is 14.7 Å². The number of nitrogens with one attached hydrogen (secondary N) is 1.